The second kappa shape index (κ2) is 6.64. The van der Waals surface area contributed by atoms with Crippen LogP contribution >= 0.6 is 11.3 Å². The second-order valence-electron chi connectivity index (χ2n) is 6.83. The standard InChI is InChI=1S/C20H16F3NO2S/c21-20(22,23)14-5-2-1-4-12(14)13-10-18(26)24-15-8-11(9-16(25)19(13)15)17-6-3-7-27-17/h1-7,11,13H,8-10H2,(H,24,26)/t11-,13-/m0/s1. The number of rotatable bonds is 2. The molecule has 1 aromatic heterocycles. The zero-order valence-corrected chi connectivity index (χ0v) is 15.0. The minimum absolute atomic E-state index is 0.00438. The van der Waals surface area contributed by atoms with Crippen molar-refractivity contribution in [2.75, 3.05) is 0 Å². The Bertz CT molecular complexity index is 931. The third kappa shape index (κ3) is 3.32. The summed E-state index contributed by atoms with van der Waals surface area (Å²) in [5.41, 5.74) is 0.0157. The van der Waals surface area contributed by atoms with E-state index in [0.717, 1.165) is 10.9 Å². The number of benzene rings is 1. The number of nitrogens with one attached hydrogen (secondary N) is 1. The number of hydrogen-bond acceptors (Lipinski definition) is 3. The molecule has 140 valence electrons. The van der Waals surface area contributed by atoms with Crippen LogP contribution in [0.1, 0.15) is 47.1 Å². The fourth-order valence-corrected chi connectivity index (χ4v) is 4.84. The van der Waals surface area contributed by atoms with Crippen molar-refractivity contribution < 1.29 is 22.8 Å². The number of ketones is 1. The first kappa shape index (κ1) is 18.0. The lowest BCUT2D eigenvalue weighted by atomic mass is 9.74. The first-order valence-electron chi connectivity index (χ1n) is 8.60. The maximum atomic E-state index is 13.5. The lowest BCUT2D eigenvalue weighted by molar-refractivity contribution is -0.138. The Hall–Kier alpha value is -2.41. The quantitative estimate of drug-likeness (QED) is 0.802. The Morgan fingerprint density at radius 3 is 2.48 bits per heavy atom. The highest BCUT2D eigenvalue weighted by Gasteiger charge is 2.42. The van der Waals surface area contributed by atoms with E-state index in [1.54, 1.807) is 0 Å². The molecule has 1 aliphatic heterocycles. The van der Waals surface area contributed by atoms with Gasteiger partial charge in [-0.2, -0.15) is 13.2 Å². The molecule has 4 rings (SSSR count). The molecule has 1 aliphatic carbocycles. The average molecular weight is 391 g/mol. The van der Waals surface area contributed by atoms with E-state index in [0.29, 0.717) is 17.7 Å². The van der Waals surface area contributed by atoms with Gasteiger partial charge >= 0.3 is 6.18 Å². The highest BCUT2D eigenvalue weighted by atomic mass is 32.1. The van der Waals surface area contributed by atoms with Crippen LogP contribution in [0, 0.1) is 0 Å². The molecule has 0 bridgehead atoms. The Labute approximate surface area is 157 Å². The minimum Gasteiger partial charge on any atom is -0.329 e. The monoisotopic (exact) mass is 391 g/mol. The van der Waals surface area contributed by atoms with E-state index in [1.165, 1.54) is 29.5 Å². The van der Waals surface area contributed by atoms with Crippen LogP contribution in [0.5, 0.6) is 0 Å². The maximum absolute atomic E-state index is 13.5. The number of thiophene rings is 1. The van der Waals surface area contributed by atoms with Gasteiger partial charge in [0.15, 0.2) is 5.78 Å². The van der Waals surface area contributed by atoms with Crippen LogP contribution in [-0.2, 0) is 15.8 Å². The van der Waals surface area contributed by atoms with Crippen molar-refractivity contribution >= 4 is 23.0 Å². The summed E-state index contributed by atoms with van der Waals surface area (Å²) in [5.74, 6) is -1.44. The smallest absolute Gasteiger partial charge is 0.329 e. The van der Waals surface area contributed by atoms with Gasteiger partial charge in [0.05, 0.1) is 5.56 Å². The van der Waals surface area contributed by atoms with Crippen molar-refractivity contribution in [1.29, 1.82) is 0 Å². The number of allylic oxidation sites excluding steroid dienone is 2. The summed E-state index contributed by atoms with van der Waals surface area (Å²) in [4.78, 5) is 26.2. The summed E-state index contributed by atoms with van der Waals surface area (Å²) < 4.78 is 40.4. The summed E-state index contributed by atoms with van der Waals surface area (Å²) in [6.45, 7) is 0. The van der Waals surface area contributed by atoms with Crippen LogP contribution in [0.25, 0.3) is 0 Å². The Kier molecular flexibility index (Phi) is 4.42. The van der Waals surface area contributed by atoms with Crippen LogP contribution in [0.15, 0.2) is 53.0 Å². The van der Waals surface area contributed by atoms with Gasteiger partial charge in [0.1, 0.15) is 0 Å². The van der Waals surface area contributed by atoms with Gasteiger partial charge in [0.25, 0.3) is 0 Å². The molecule has 0 fully saturated rings. The van der Waals surface area contributed by atoms with Gasteiger partial charge in [-0.25, -0.2) is 0 Å². The molecule has 2 atom stereocenters. The van der Waals surface area contributed by atoms with Crippen molar-refractivity contribution in [1.82, 2.24) is 5.32 Å². The Morgan fingerprint density at radius 2 is 1.78 bits per heavy atom. The van der Waals surface area contributed by atoms with E-state index in [1.807, 2.05) is 17.5 Å². The number of carbonyl (C=O) groups is 2. The molecule has 1 amide bonds. The number of amides is 1. The van der Waals surface area contributed by atoms with Gasteiger partial charge in [-0.3, -0.25) is 9.59 Å². The summed E-state index contributed by atoms with van der Waals surface area (Å²) in [6, 6.07) is 9.05. The molecule has 2 aliphatic rings. The van der Waals surface area contributed by atoms with E-state index in [2.05, 4.69) is 5.32 Å². The van der Waals surface area contributed by atoms with Gasteiger partial charge in [-0.1, -0.05) is 24.3 Å². The van der Waals surface area contributed by atoms with E-state index >= 15 is 0 Å². The summed E-state index contributed by atoms with van der Waals surface area (Å²) in [6.07, 6.45) is -3.98. The third-order valence-electron chi connectivity index (χ3n) is 5.12. The molecular formula is C20H16F3NO2S. The molecule has 1 N–H and O–H groups in total. The molecule has 2 aromatic rings. The molecule has 0 unspecified atom stereocenters. The summed E-state index contributed by atoms with van der Waals surface area (Å²) in [7, 11) is 0. The lowest BCUT2D eigenvalue weighted by Gasteiger charge is -2.35. The van der Waals surface area contributed by atoms with Gasteiger partial charge < -0.3 is 5.32 Å². The molecule has 0 saturated heterocycles. The Balaban J connectivity index is 1.79. The largest absolute Gasteiger partial charge is 0.416 e. The van der Waals surface area contributed by atoms with Gasteiger partial charge in [0.2, 0.25) is 5.91 Å². The fraction of sp³-hybridized carbons (Fsp3) is 0.300. The van der Waals surface area contributed by atoms with E-state index in [4.69, 9.17) is 0 Å². The SMILES string of the molecule is O=C1C[C@@H](c2ccccc2C(F)(F)F)C2=C(C[C@H](c3cccs3)CC2=O)N1. The average Bonchev–Trinajstić information content (AvgIpc) is 3.14. The molecule has 0 spiro atoms. The van der Waals surface area contributed by atoms with Crippen molar-refractivity contribution in [3.63, 3.8) is 0 Å². The zero-order chi connectivity index (χ0) is 19.2. The van der Waals surface area contributed by atoms with Crippen LogP contribution in [0.3, 0.4) is 0 Å². The number of hydrogen-bond donors (Lipinski definition) is 1. The fourth-order valence-electron chi connectivity index (χ4n) is 4.01. The number of alkyl halides is 3. The molecule has 27 heavy (non-hydrogen) atoms. The van der Waals surface area contributed by atoms with Crippen molar-refractivity contribution in [3.05, 3.63) is 69.1 Å². The van der Waals surface area contributed by atoms with Crippen molar-refractivity contribution in [2.24, 2.45) is 0 Å². The van der Waals surface area contributed by atoms with Crippen LogP contribution in [0.4, 0.5) is 13.2 Å². The zero-order valence-electron chi connectivity index (χ0n) is 14.2. The van der Waals surface area contributed by atoms with Crippen LogP contribution in [0.2, 0.25) is 0 Å². The second-order valence-corrected chi connectivity index (χ2v) is 7.81. The predicted octanol–water partition coefficient (Wildman–Crippen LogP) is 4.77. The number of carbonyl (C=O) groups excluding carboxylic acids is 2. The molecule has 3 nitrogen and oxygen atoms in total. The number of Topliss-reactive ketones (excluding diaryl/α,β-unsaturated/α-hetero) is 1. The molecule has 7 heteroatoms. The van der Waals surface area contributed by atoms with E-state index in [9.17, 15) is 22.8 Å². The molecular weight excluding hydrogens is 375 g/mol. The first-order valence-corrected chi connectivity index (χ1v) is 9.48. The first-order chi connectivity index (χ1) is 12.8. The third-order valence-corrected chi connectivity index (χ3v) is 6.16. The van der Waals surface area contributed by atoms with E-state index in [-0.39, 0.29) is 36.0 Å². The van der Waals surface area contributed by atoms with Gasteiger partial charge in [-0.05, 0) is 29.5 Å². The van der Waals surface area contributed by atoms with Gasteiger partial charge in [-0.15, -0.1) is 11.3 Å². The number of halogens is 3. The van der Waals surface area contributed by atoms with Crippen molar-refractivity contribution in [3.8, 4) is 0 Å². The van der Waals surface area contributed by atoms with Crippen LogP contribution in [-0.4, -0.2) is 11.7 Å². The predicted molar refractivity (Wildman–Crippen MR) is 95.3 cm³/mol. The topological polar surface area (TPSA) is 46.2 Å². The normalized spacial score (nSPS) is 23.2. The lowest BCUT2D eigenvalue weighted by Crippen LogP contribution is -2.38. The maximum Gasteiger partial charge on any atom is 0.416 e. The molecule has 2 heterocycles. The minimum atomic E-state index is -4.54. The highest BCUT2D eigenvalue weighted by Crippen LogP contribution is 2.46. The molecule has 1 aromatic carbocycles. The molecule has 0 radical (unpaired) electrons. The van der Waals surface area contributed by atoms with Gasteiger partial charge in [0, 0.05) is 40.8 Å². The highest BCUT2D eigenvalue weighted by molar-refractivity contribution is 7.10. The Morgan fingerprint density at radius 1 is 1.00 bits per heavy atom. The van der Waals surface area contributed by atoms with Crippen molar-refractivity contribution in [2.45, 2.75) is 37.3 Å². The summed E-state index contributed by atoms with van der Waals surface area (Å²) >= 11 is 1.54. The molecule has 0 saturated carbocycles. The summed E-state index contributed by atoms with van der Waals surface area (Å²) in [5, 5.41) is 4.66. The van der Waals surface area contributed by atoms with Crippen LogP contribution < -0.4 is 5.32 Å². The van der Waals surface area contributed by atoms with E-state index < -0.39 is 17.7 Å².